The molecule has 0 amide bonds. The Hall–Kier alpha value is -0.990. The van der Waals surface area contributed by atoms with E-state index in [-0.39, 0.29) is 6.61 Å². The quantitative estimate of drug-likeness (QED) is 0.774. The van der Waals surface area contributed by atoms with Crippen molar-refractivity contribution in [1.82, 2.24) is 0 Å². The molecule has 0 heterocycles. The molecule has 3 heteroatoms. The van der Waals surface area contributed by atoms with E-state index in [1.54, 1.807) is 0 Å². The zero-order valence-electron chi connectivity index (χ0n) is 9.50. The highest BCUT2D eigenvalue weighted by molar-refractivity contribution is 6.32. The molecular formula is C13H17ClO2. The van der Waals surface area contributed by atoms with Crippen molar-refractivity contribution in [1.29, 1.82) is 0 Å². The van der Waals surface area contributed by atoms with Crippen LogP contribution in [0.5, 0.6) is 5.75 Å². The first-order valence-electron chi connectivity index (χ1n) is 5.30. The standard InChI is InChI=1S/C13H17ClO2/c1-10(2)9-16-12-7-3-5-11(13(12)14)6-4-8-15/h3,5,7,15H,1,4,6,8-9H2,2H3. The molecule has 0 saturated carbocycles. The van der Waals surface area contributed by atoms with Crippen LogP contribution in [0, 0.1) is 0 Å². The molecule has 0 atom stereocenters. The first-order valence-corrected chi connectivity index (χ1v) is 5.68. The van der Waals surface area contributed by atoms with E-state index in [0.29, 0.717) is 23.8 Å². The van der Waals surface area contributed by atoms with Crippen molar-refractivity contribution in [2.45, 2.75) is 19.8 Å². The van der Waals surface area contributed by atoms with Gasteiger partial charge in [0.1, 0.15) is 12.4 Å². The van der Waals surface area contributed by atoms with Crippen LogP contribution >= 0.6 is 11.6 Å². The lowest BCUT2D eigenvalue weighted by molar-refractivity contribution is 0.288. The number of hydrogen-bond donors (Lipinski definition) is 1. The lowest BCUT2D eigenvalue weighted by Crippen LogP contribution is -1.99. The number of halogens is 1. The van der Waals surface area contributed by atoms with Crippen molar-refractivity contribution >= 4 is 11.6 Å². The molecular weight excluding hydrogens is 224 g/mol. The lowest BCUT2D eigenvalue weighted by atomic mass is 10.1. The van der Waals surface area contributed by atoms with E-state index in [0.717, 1.165) is 17.6 Å². The van der Waals surface area contributed by atoms with E-state index in [1.807, 2.05) is 25.1 Å². The normalized spacial score (nSPS) is 10.2. The second kappa shape index (κ2) is 6.56. The molecule has 1 rings (SSSR count). The summed E-state index contributed by atoms with van der Waals surface area (Å²) in [7, 11) is 0. The Morgan fingerprint density at radius 1 is 1.50 bits per heavy atom. The van der Waals surface area contributed by atoms with Crippen LogP contribution in [0.1, 0.15) is 18.9 Å². The van der Waals surface area contributed by atoms with E-state index < -0.39 is 0 Å². The zero-order chi connectivity index (χ0) is 12.0. The van der Waals surface area contributed by atoms with Crippen LogP contribution in [-0.2, 0) is 6.42 Å². The van der Waals surface area contributed by atoms with Gasteiger partial charge < -0.3 is 9.84 Å². The molecule has 0 aliphatic heterocycles. The molecule has 0 aliphatic rings. The number of aliphatic hydroxyl groups is 1. The van der Waals surface area contributed by atoms with Crippen LogP contribution in [0.25, 0.3) is 0 Å². The van der Waals surface area contributed by atoms with E-state index >= 15 is 0 Å². The number of rotatable bonds is 6. The van der Waals surface area contributed by atoms with Gasteiger partial charge in [0, 0.05) is 6.61 Å². The maximum atomic E-state index is 8.78. The Morgan fingerprint density at radius 2 is 2.25 bits per heavy atom. The summed E-state index contributed by atoms with van der Waals surface area (Å²) in [4.78, 5) is 0. The van der Waals surface area contributed by atoms with E-state index in [1.165, 1.54) is 0 Å². The van der Waals surface area contributed by atoms with E-state index in [9.17, 15) is 0 Å². The molecule has 0 bridgehead atoms. The Bertz CT molecular complexity index is 361. The summed E-state index contributed by atoms with van der Waals surface area (Å²) in [6, 6.07) is 5.70. The summed E-state index contributed by atoms with van der Waals surface area (Å²) >= 11 is 6.19. The van der Waals surface area contributed by atoms with Crippen molar-refractivity contribution in [2.24, 2.45) is 0 Å². The van der Waals surface area contributed by atoms with Gasteiger partial charge in [-0.15, -0.1) is 0 Å². The van der Waals surface area contributed by atoms with Crippen molar-refractivity contribution in [3.8, 4) is 5.75 Å². The van der Waals surface area contributed by atoms with Gasteiger partial charge in [-0.1, -0.05) is 30.3 Å². The average molecular weight is 241 g/mol. The van der Waals surface area contributed by atoms with Crippen LogP contribution in [0.3, 0.4) is 0 Å². The van der Waals surface area contributed by atoms with Crippen molar-refractivity contribution in [3.63, 3.8) is 0 Å². The van der Waals surface area contributed by atoms with Crippen molar-refractivity contribution in [2.75, 3.05) is 13.2 Å². The van der Waals surface area contributed by atoms with E-state index in [4.69, 9.17) is 21.4 Å². The SMILES string of the molecule is C=C(C)COc1cccc(CCCO)c1Cl. The van der Waals surface area contributed by atoms with E-state index in [2.05, 4.69) is 6.58 Å². The lowest BCUT2D eigenvalue weighted by Gasteiger charge is -2.10. The topological polar surface area (TPSA) is 29.5 Å². The van der Waals surface area contributed by atoms with Gasteiger partial charge in [0.2, 0.25) is 0 Å². The summed E-state index contributed by atoms with van der Waals surface area (Å²) in [5.41, 5.74) is 1.96. The fraction of sp³-hybridized carbons (Fsp3) is 0.385. The molecule has 88 valence electrons. The Labute approximate surface area is 102 Å². The molecule has 0 radical (unpaired) electrons. The molecule has 0 unspecified atom stereocenters. The minimum atomic E-state index is 0.174. The maximum absolute atomic E-state index is 8.78. The van der Waals surface area contributed by atoms with Crippen LogP contribution in [0.15, 0.2) is 30.4 Å². The summed E-state index contributed by atoms with van der Waals surface area (Å²) in [5, 5.41) is 9.41. The number of aryl methyl sites for hydroxylation is 1. The summed E-state index contributed by atoms with van der Waals surface area (Å²) < 4.78 is 5.52. The number of aliphatic hydroxyl groups excluding tert-OH is 1. The molecule has 0 saturated heterocycles. The third-order valence-corrected chi connectivity index (χ3v) is 2.55. The molecule has 0 aliphatic carbocycles. The minimum absolute atomic E-state index is 0.174. The highest BCUT2D eigenvalue weighted by Gasteiger charge is 2.06. The van der Waals surface area contributed by atoms with Crippen molar-refractivity contribution in [3.05, 3.63) is 40.9 Å². The number of hydrogen-bond acceptors (Lipinski definition) is 2. The number of benzene rings is 1. The average Bonchev–Trinajstić information content (AvgIpc) is 2.26. The highest BCUT2D eigenvalue weighted by atomic mass is 35.5. The third-order valence-electron chi connectivity index (χ3n) is 2.12. The maximum Gasteiger partial charge on any atom is 0.138 e. The van der Waals surface area contributed by atoms with Crippen LogP contribution in [0.2, 0.25) is 5.02 Å². The summed E-state index contributed by atoms with van der Waals surface area (Å²) in [5.74, 6) is 0.681. The van der Waals surface area contributed by atoms with Crippen LogP contribution < -0.4 is 4.74 Å². The van der Waals surface area contributed by atoms with Gasteiger partial charge in [-0.3, -0.25) is 0 Å². The van der Waals surface area contributed by atoms with Crippen LogP contribution in [0.4, 0.5) is 0 Å². The first-order chi connectivity index (χ1) is 7.65. The summed E-state index contributed by atoms with van der Waals surface area (Å²) in [6.07, 6.45) is 1.48. The molecule has 0 aromatic heterocycles. The molecule has 2 nitrogen and oxygen atoms in total. The second-order valence-corrected chi connectivity index (χ2v) is 4.18. The van der Waals surface area contributed by atoms with Gasteiger partial charge in [0.15, 0.2) is 0 Å². The van der Waals surface area contributed by atoms with Gasteiger partial charge in [0.05, 0.1) is 5.02 Å². The van der Waals surface area contributed by atoms with Gasteiger partial charge >= 0.3 is 0 Å². The first kappa shape index (κ1) is 13.1. The van der Waals surface area contributed by atoms with Gasteiger partial charge in [-0.05, 0) is 37.0 Å². The molecule has 1 aromatic rings. The largest absolute Gasteiger partial charge is 0.488 e. The zero-order valence-corrected chi connectivity index (χ0v) is 10.3. The monoisotopic (exact) mass is 240 g/mol. The molecule has 1 aromatic carbocycles. The molecule has 16 heavy (non-hydrogen) atoms. The Kier molecular flexibility index (Phi) is 5.36. The van der Waals surface area contributed by atoms with Gasteiger partial charge in [0.25, 0.3) is 0 Å². The Balaban J connectivity index is 2.73. The van der Waals surface area contributed by atoms with Gasteiger partial charge in [-0.25, -0.2) is 0 Å². The second-order valence-electron chi connectivity index (χ2n) is 3.80. The van der Waals surface area contributed by atoms with Crippen molar-refractivity contribution < 1.29 is 9.84 Å². The fourth-order valence-corrected chi connectivity index (χ4v) is 1.61. The van der Waals surface area contributed by atoms with Crippen LogP contribution in [-0.4, -0.2) is 18.3 Å². The Morgan fingerprint density at radius 3 is 2.88 bits per heavy atom. The molecule has 1 N–H and O–H groups in total. The predicted molar refractivity (Wildman–Crippen MR) is 67.2 cm³/mol. The highest BCUT2D eigenvalue weighted by Crippen LogP contribution is 2.29. The summed E-state index contributed by atoms with van der Waals surface area (Å²) in [6.45, 7) is 6.33. The molecule has 0 spiro atoms. The fourth-order valence-electron chi connectivity index (χ4n) is 1.33. The number of ether oxygens (including phenoxy) is 1. The predicted octanol–water partition coefficient (Wildman–Crippen LogP) is 3.22. The minimum Gasteiger partial charge on any atom is -0.488 e. The third kappa shape index (κ3) is 3.87. The molecule has 0 fully saturated rings. The smallest absolute Gasteiger partial charge is 0.138 e. The van der Waals surface area contributed by atoms with Gasteiger partial charge in [-0.2, -0.15) is 0 Å².